The third-order valence-electron chi connectivity index (χ3n) is 3.88. The number of halogens is 3. The maximum atomic E-state index is 13.9. The molecule has 25 heavy (non-hydrogen) atoms. The first-order valence-corrected chi connectivity index (χ1v) is 7.42. The number of aromatic nitrogens is 2. The van der Waals surface area contributed by atoms with Gasteiger partial charge in [0, 0.05) is 0 Å². The predicted molar refractivity (Wildman–Crippen MR) is 77.2 cm³/mol. The van der Waals surface area contributed by atoms with Gasteiger partial charge in [-0.25, -0.2) is 8.78 Å². The summed E-state index contributed by atoms with van der Waals surface area (Å²) in [4.78, 5) is 17.8. The number of hydrogen-bond donors (Lipinski definition) is 1. The molecule has 2 atom stereocenters. The molecule has 10 heteroatoms. The summed E-state index contributed by atoms with van der Waals surface area (Å²) in [5.74, 6) is -7.66. The van der Waals surface area contributed by atoms with Gasteiger partial charge >= 0.3 is 0 Å². The fraction of sp³-hybridized carbons (Fsp3) is 0.400. The highest BCUT2D eigenvalue weighted by Crippen LogP contribution is 2.31. The number of phenolic OH excluding ortho intramolecular Hbond substituents is 1. The van der Waals surface area contributed by atoms with Gasteiger partial charge in [-0.2, -0.15) is 9.37 Å². The van der Waals surface area contributed by atoms with Crippen LogP contribution in [0.15, 0.2) is 10.6 Å². The first kappa shape index (κ1) is 17.2. The predicted octanol–water partition coefficient (Wildman–Crippen LogP) is 2.11. The van der Waals surface area contributed by atoms with E-state index in [1.807, 2.05) is 0 Å². The number of ether oxygens (including phenoxy) is 1. The number of phenols is 1. The van der Waals surface area contributed by atoms with E-state index in [2.05, 4.69) is 10.1 Å². The monoisotopic (exact) mass is 357 g/mol. The summed E-state index contributed by atoms with van der Waals surface area (Å²) < 4.78 is 50.6. The molecule has 1 amide bonds. The van der Waals surface area contributed by atoms with E-state index in [4.69, 9.17) is 9.26 Å². The van der Waals surface area contributed by atoms with Crippen LogP contribution in [-0.2, 0) is 4.74 Å². The van der Waals surface area contributed by atoms with Crippen LogP contribution in [-0.4, -0.2) is 51.4 Å². The second kappa shape index (κ2) is 6.36. The van der Waals surface area contributed by atoms with Gasteiger partial charge in [-0.15, -0.1) is 0 Å². The Hall–Kier alpha value is -2.62. The lowest BCUT2D eigenvalue weighted by atomic mass is 10.1. The van der Waals surface area contributed by atoms with Crippen LogP contribution in [0.2, 0.25) is 0 Å². The van der Waals surface area contributed by atoms with Crippen LogP contribution in [0.3, 0.4) is 0 Å². The summed E-state index contributed by atoms with van der Waals surface area (Å²) in [6, 6.07) is -0.00364. The summed E-state index contributed by atoms with van der Waals surface area (Å²) in [7, 11) is 0. The number of hydrogen-bond acceptors (Lipinski definition) is 6. The largest absolute Gasteiger partial charge is 0.503 e. The van der Waals surface area contributed by atoms with Crippen LogP contribution in [0.25, 0.3) is 11.5 Å². The minimum Gasteiger partial charge on any atom is -0.503 e. The molecule has 1 fully saturated rings. The van der Waals surface area contributed by atoms with E-state index in [0.29, 0.717) is 19.3 Å². The molecule has 1 saturated heterocycles. The zero-order valence-corrected chi connectivity index (χ0v) is 13.3. The molecule has 1 aliphatic heterocycles. The fourth-order valence-electron chi connectivity index (χ4n) is 2.69. The minimum absolute atomic E-state index is 0.234. The smallest absolute Gasteiger partial charge is 0.295 e. The van der Waals surface area contributed by atoms with Crippen molar-refractivity contribution < 1.29 is 32.3 Å². The zero-order chi connectivity index (χ0) is 18.3. The lowest BCUT2D eigenvalue weighted by molar-refractivity contribution is -0.0256. The minimum atomic E-state index is -1.73. The fourth-order valence-corrected chi connectivity index (χ4v) is 2.69. The number of carbonyl (C=O) groups is 1. The van der Waals surface area contributed by atoms with Crippen molar-refractivity contribution in [2.75, 3.05) is 13.2 Å². The summed E-state index contributed by atoms with van der Waals surface area (Å²) in [5.41, 5.74) is -0.647. The normalized spacial score (nSPS) is 20.8. The van der Waals surface area contributed by atoms with Gasteiger partial charge in [0.1, 0.15) is 0 Å². The van der Waals surface area contributed by atoms with Crippen molar-refractivity contribution >= 4 is 5.91 Å². The van der Waals surface area contributed by atoms with Crippen LogP contribution in [0.1, 0.15) is 24.5 Å². The highest BCUT2D eigenvalue weighted by atomic mass is 19.2. The van der Waals surface area contributed by atoms with Gasteiger partial charge < -0.3 is 19.3 Å². The molecule has 0 aliphatic carbocycles. The van der Waals surface area contributed by atoms with Crippen molar-refractivity contribution in [2.24, 2.45) is 0 Å². The molecule has 2 aromatic rings. The maximum absolute atomic E-state index is 13.9. The molecular formula is C15H14F3N3O4. The van der Waals surface area contributed by atoms with Gasteiger partial charge in [-0.3, -0.25) is 4.79 Å². The van der Waals surface area contributed by atoms with Gasteiger partial charge in [-0.05, 0) is 19.9 Å². The Bertz CT molecular complexity index is 817. The lowest BCUT2D eigenvalue weighted by Crippen LogP contribution is -2.52. The Morgan fingerprint density at radius 1 is 1.24 bits per heavy atom. The summed E-state index contributed by atoms with van der Waals surface area (Å²) in [6.45, 7) is 4.24. The Kier molecular flexibility index (Phi) is 4.38. The Labute approximate surface area is 140 Å². The number of rotatable bonds is 2. The van der Waals surface area contributed by atoms with Crippen molar-refractivity contribution in [3.05, 3.63) is 29.3 Å². The van der Waals surface area contributed by atoms with Gasteiger partial charge in [0.25, 0.3) is 17.6 Å². The standard InChI is InChI=1S/C15H14F3N3O4/c1-6-4-24-5-7(2)21(6)15(23)13-19-14(25-20-13)8-3-9(16)11(18)12(22)10(8)17/h3,6-7,22H,4-5H2,1-2H3/t6-,7+. The van der Waals surface area contributed by atoms with E-state index in [1.165, 1.54) is 4.90 Å². The van der Waals surface area contributed by atoms with Gasteiger partial charge in [0.15, 0.2) is 17.4 Å². The van der Waals surface area contributed by atoms with Crippen molar-refractivity contribution in [3.8, 4) is 17.2 Å². The Morgan fingerprint density at radius 3 is 2.52 bits per heavy atom. The third kappa shape index (κ3) is 2.93. The quantitative estimate of drug-likeness (QED) is 0.828. The van der Waals surface area contributed by atoms with Crippen molar-refractivity contribution in [1.82, 2.24) is 15.0 Å². The molecule has 3 rings (SSSR count). The molecule has 2 heterocycles. The highest BCUT2D eigenvalue weighted by Gasteiger charge is 2.33. The van der Waals surface area contributed by atoms with Crippen LogP contribution in [0.5, 0.6) is 5.75 Å². The number of amides is 1. The number of nitrogens with zero attached hydrogens (tertiary/aromatic N) is 3. The topological polar surface area (TPSA) is 88.7 Å². The Balaban J connectivity index is 1.94. The van der Waals surface area contributed by atoms with Gasteiger partial charge in [0.05, 0.1) is 30.9 Å². The van der Waals surface area contributed by atoms with Gasteiger partial charge in [0.2, 0.25) is 5.82 Å². The van der Waals surface area contributed by atoms with Crippen molar-refractivity contribution in [3.63, 3.8) is 0 Å². The summed E-state index contributed by atoms with van der Waals surface area (Å²) in [5, 5.41) is 12.7. The van der Waals surface area contributed by atoms with E-state index in [9.17, 15) is 23.1 Å². The highest BCUT2D eigenvalue weighted by molar-refractivity contribution is 5.91. The van der Waals surface area contributed by atoms with Crippen molar-refractivity contribution in [1.29, 1.82) is 0 Å². The molecule has 1 aromatic heterocycles. The summed E-state index contributed by atoms with van der Waals surface area (Å²) >= 11 is 0. The molecule has 134 valence electrons. The van der Waals surface area contributed by atoms with E-state index < -0.39 is 40.6 Å². The molecule has 7 nitrogen and oxygen atoms in total. The average Bonchev–Trinajstić information content (AvgIpc) is 3.05. The van der Waals surface area contributed by atoms with Crippen molar-refractivity contribution in [2.45, 2.75) is 25.9 Å². The molecule has 0 radical (unpaired) electrons. The summed E-state index contributed by atoms with van der Waals surface area (Å²) in [6.07, 6.45) is 0. The molecule has 0 unspecified atom stereocenters. The third-order valence-corrected chi connectivity index (χ3v) is 3.88. The van der Waals surface area contributed by atoms with Crippen LogP contribution in [0.4, 0.5) is 13.2 Å². The zero-order valence-electron chi connectivity index (χ0n) is 13.3. The number of benzene rings is 1. The molecule has 0 bridgehead atoms. The molecule has 1 aliphatic rings. The molecular weight excluding hydrogens is 343 g/mol. The molecule has 0 spiro atoms. The van der Waals surface area contributed by atoms with Crippen LogP contribution < -0.4 is 0 Å². The molecule has 0 saturated carbocycles. The first-order valence-electron chi connectivity index (χ1n) is 7.42. The number of morpholine rings is 1. The van der Waals surface area contributed by atoms with E-state index >= 15 is 0 Å². The average molecular weight is 357 g/mol. The first-order chi connectivity index (χ1) is 11.8. The van der Waals surface area contributed by atoms with E-state index in [-0.39, 0.29) is 17.9 Å². The van der Waals surface area contributed by atoms with Gasteiger partial charge in [-0.1, -0.05) is 5.16 Å². The van der Waals surface area contributed by atoms with Crippen LogP contribution >= 0.6 is 0 Å². The Morgan fingerprint density at radius 2 is 1.88 bits per heavy atom. The molecule has 1 aromatic carbocycles. The van der Waals surface area contributed by atoms with Crippen LogP contribution in [0, 0.1) is 17.5 Å². The maximum Gasteiger partial charge on any atom is 0.295 e. The number of carbonyl (C=O) groups excluding carboxylic acids is 1. The second-order valence-electron chi connectivity index (χ2n) is 5.75. The number of aromatic hydroxyl groups is 1. The SMILES string of the molecule is C[C@@H]1COC[C@H](C)N1C(=O)c1noc(-c2cc(F)c(F)c(O)c2F)n1. The van der Waals surface area contributed by atoms with E-state index in [0.717, 1.165) is 0 Å². The lowest BCUT2D eigenvalue weighted by Gasteiger charge is -2.37. The molecule has 1 N–H and O–H groups in total. The second-order valence-corrected chi connectivity index (χ2v) is 5.75. The van der Waals surface area contributed by atoms with E-state index in [1.54, 1.807) is 13.8 Å².